The third-order valence-corrected chi connectivity index (χ3v) is 2.49. The fraction of sp³-hybridized carbons (Fsp3) is 0.556. The van der Waals surface area contributed by atoms with E-state index >= 15 is 0 Å². The summed E-state index contributed by atoms with van der Waals surface area (Å²) < 4.78 is 0. The monoisotopic (exact) mass is 135 g/mol. The van der Waals surface area contributed by atoms with Crippen LogP contribution < -0.4 is 0 Å². The lowest BCUT2D eigenvalue weighted by Gasteiger charge is -2.17. The number of hydrogen-bond donors (Lipinski definition) is 0. The zero-order chi connectivity index (χ0) is 7.03. The maximum absolute atomic E-state index is 2.39. The highest BCUT2D eigenvalue weighted by Crippen LogP contribution is 2.35. The predicted octanol–water partition coefficient (Wildman–Crippen LogP) is 1.43. The van der Waals surface area contributed by atoms with Crippen LogP contribution in [0.15, 0.2) is 24.3 Å². The van der Waals surface area contributed by atoms with Crippen molar-refractivity contribution in [1.82, 2.24) is 4.90 Å². The quantitative estimate of drug-likeness (QED) is 0.485. The van der Waals surface area contributed by atoms with Crippen LogP contribution in [0.1, 0.15) is 6.42 Å². The molecular weight excluding hydrogens is 122 g/mol. The average molecular weight is 135 g/mol. The van der Waals surface area contributed by atoms with Crippen molar-refractivity contribution < 1.29 is 0 Å². The molecule has 2 aliphatic rings. The lowest BCUT2D eigenvalue weighted by atomic mass is 9.90. The number of rotatable bonds is 0. The van der Waals surface area contributed by atoms with E-state index in [9.17, 15) is 0 Å². The molecule has 1 saturated heterocycles. The van der Waals surface area contributed by atoms with E-state index in [1.165, 1.54) is 19.5 Å². The molecule has 0 N–H and O–H groups in total. The number of nitrogens with zero attached hydrogens (tertiary/aromatic N) is 1. The summed E-state index contributed by atoms with van der Waals surface area (Å²) in [6.45, 7) is 2.45. The van der Waals surface area contributed by atoms with Gasteiger partial charge in [0.1, 0.15) is 0 Å². The van der Waals surface area contributed by atoms with E-state index in [-0.39, 0.29) is 0 Å². The Morgan fingerprint density at radius 1 is 1.30 bits per heavy atom. The zero-order valence-corrected chi connectivity index (χ0v) is 6.38. The van der Waals surface area contributed by atoms with E-state index in [1.807, 2.05) is 0 Å². The summed E-state index contributed by atoms with van der Waals surface area (Å²) >= 11 is 0. The molecule has 0 aromatic heterocycles. The average Bonchev–Trinajstić information content (AvgIpc) is 2.46. The Morgan fingerprint density at radius 3 is 2.50 bits per heavy atom. The van der Waals surface area contributed by atoms with Gasteiger partial charge in [-0.25, -0.2) is 0 Å². The first-order valence-corrected chi connectivity index (χ1v) is 3.86. The summed E-state index contributed by atoms with van der Waals surface area (Å²) in [6, 6.07) is 0. The van der Waals surface area contributed by atoms with Gasteiger partial charge in [0.05, 0.1) is 0 Å². The van der Waals surface area contributed by atoms with E-state index in [0.717, 1.165) is 0 Å². The second-order valence-corrected chi connectivity index (χ2v) is 3.44. The highest BCUT2D eigenvalue weighted by Gasteiger charge is 2.32. The maximum Gasteiger partial charge on any atom is 0.0207 e. The van der Waals surface area contributed by atoms with Crippen LogP contribution in [-0.2, 0) is 0 Å². The van der Waals surface area contributed by atoms with Gasteiger partial charge in [-0.1, -0.05) is 24.3 Å². The first-order valence-electron chi connectivity index (χ1n) is 3.86. The Kier molecular flexibility index (Phi) is 1.21. The molecule has 0 saturated carbocycles. The van der Waals surface area contributed by atoms with E-state index in [4.69, 9.17) is 0 Å². The van der Waals surface area contributed by atoms with Crippen LogP contribution in [0.3, 0.4) is 0 Å². The lowest BCUT2D eigenvalue weighted by molar-refractivity contribution is 0.386. The van der Waals surface area contributed by atoms with Crippen LogP contribution in [0.2, 0.25) is 0 Å². The van der Waals surface area contributed by atoms with Crippen molar-refractivity contribution in [2.75, 3.05) is 20.1 Å². The molecule has 0 amide bonds. The van der Waals surface area contributed by atoms with Gasteiger partial charge in [0.2, 0.25) is 0 Å². The minimum absolute atomic E-state index is 0.425. The fourth-order valence-electron chi connectivity index (χ4n) is 1.88. The summed E-state index contributed by atoms with van der Waals surface area (Å²) in [5, 5.41) is 0. The molecule has 54 valence electrons. The Balaban J connectivity index is 2.18. The van der Waals surface area contributed by atoms with Gasteiger partial charge in [-0.05, 0) is 20.0 Å². The molecule has 1 heterocycles. The summed E-state index contributed by atoms with van der Waals surface area (Å²) in [7, 11) is 2.19. The molecule has 1 spiro atoms. The van der Waals surface area contributed by atoms with Gasteiger partial charge in [0.25, 0.3) is 0 Å². The second kappa shape index (κ2) is 1.96. The summed E-state index contributed by atoms with van der Waals surface area (Å²) in [5.41, 5.74) is 0.425. The first-order chi connectivity index (χ1) is 4.81. The van der Waals surface area contributed by atoms with Gasteiger partial charge in [0, 0.05) is 12.0 Å². The Morgan fingerprint density at radius 2 is 2.00 bits per heavy atom. The van der Waals surface area contributed by atoms with Crippen LogP contribution in [0, 0.1) is 5.41 Å². The summed E-state index contributed by atoms with van der Waals surface area (Å²) in [4.78, 5) is 2.39. The maximum atomic E-state index is 2.39. The minimum atomic E-state index is 0.425. The van der Waals surface area contributed by atoms with Gasteiger partial charge in [0.15, 0.2) is 0 Å². The molecule has 1 aliphatic heterocycles. The van der Waals surface area contributed by atoms with E-state index in [1.54, 1.807) is 0 Å². The van der Waals surface area contributed by atoms with Crippen molar-refractivity contribution in [2.24, 2.45) is 5.41 Å². The molecule has 0 bridgehead atoms. The standard InChI is InChI=1S/C9H13N/c1-10-7-6-9(8-10)4-2-3-5-9/h2-5H,6-8H2,1H3. The smallest absolute Gasteiger partial charge is 0.0207 e. The van der Waals surface area contributed by atoms with E-state index in [0.29, 0.717) is 5.41 Å². The fourth-order valence-corrected chi connectivity index (χ4v) is 1.88. The Bertz CT molecular complexity index is 179. The third kappa shape index (κ3) is 0.816. The van der Waals surface area contributed by atoms with Crippen molar-refractivity contribution in [1.29, 1.82) is 0 Å². The Hall–Kier alpha value is -0.560. The number of likely N-dealkylation sites (tertiary alicyclic amines) is 1. The van der Waals surface area contributed by atoms with Gasteiger partial charge < -0.3 is 4.90 Å². The van der Waals surface area contributed by atoms with E-state index < -0.39 is 0 Å². The van der Waals surface area contributed by atoms with Crippen molar-refractivity contribution in [2.45, 2.75) is 6.42 Å². The predicted molar refractivity (Wildman–Crippen MR) is 42.8 cm³/mol. The molecule has 0 atom stereocenters. The molecule has 2 rings (SSSR count). The summed E-state index contributed by atoms with van der Waals surface area (Å²) in [6.07, 6.45) is 10.3. The minimum Gasteiger partial charge on any atom is -0.305 e. The molecule has 1 heteroatoms. The highest BCUT2D eigenvalue weighted by molar-refractivity contribution is 5.26. The van der Waals surface area contributed by atoms with Crippen molar-refractivity contribution in [3.05, 3.63) is 24.3 Å². The first kappa shape index (κ1) is 6.17. The topological polar surface area (TPSA) is 3.24 Å². The summed E-state index contributed by atoms with van der Waals surface area (Å²) in [5.74, 6) is 0. The number of hydrogen-bond acceptors (Lipinski definition) is 1. The molecule has 0 aromatic carbocycles. The second-order valence-electron chi connectivity index (χ2n) is 3.44. The number of allylic oxidation sites excluding steroid dienone is 2. The van der Waals surface area contributed by atoms with E-state index in [2.05, 4.69) is 36.3 Å². The van der Waals surface area contributed by atoms with Crippen molar-refractivity contribution in [3.63, 3.8) is 0 Å². The Labute approximate surface area is 62.0 Å². The molecule has 1 nitrogen and oxygen atoms in total. The van der Waals surface area contributed by atoms with Gasteiger partial charge in [-0.15, -0.1) is 0 Å². The largest absolute Gasteiger partial charge is 0.305 e. The molecule has 0 unspecified atom stereocenters. The molecule has 0 aromatic rings. The molecular formula is C9H13N. The van der Waals surface area contributed by atoms with Gasteiger partial charge in [-0.3, -0.25) is 0 Å². The van der Waals surface area contributed by atoms with Gasteiger partial charge in [-0.2, -0.15) is 0 Å². The van der Waals surface area contributed by atoms with Crippen molar-refractivity contribution in [3.8, 4) is 0 Å². The van der Waals surface area contributed by atoms with Crippen molar-refractivity contribution >= 4 is 0 Å². The molecule has 0 radical (unpaired) electrons. The third-order valence-electron chi connectivity index (χ3n) is 2.49. The molecule has 10 heavy (non-hydrogen) atoms. The van der Waals surface area contributed by atoms with Crippen LogP contribution >= 0.6 is 0 Å². The van der Waals surface area contributed by atoms with Crippen LogP contribution in [0.4, 0.5) is 0 Å². The molecule has 1 aliphatic carbocycles. The SMILES string of the molecule is CN1CCC2(C=CC=C2)C1. The van der Waals surface area contributed by atoms with Crippen LogP contribution in [0.5, 0.6) is 0 Å². The van der Waals surface area contributed by atoms with Crippen LogP contribution in [-0.4, -0.2) is 25.0 Å². The highest BCUT2D eigenvalue weighted by atomic mass is 15.1. The lowest BCUT2D eigenvalue weighted by Crippen LogP contribution is -2.19. The molecule has 1 fully saturated rings. The zero-order valence-electron chi connectivity index (χ0n) is 6.38. The van der Waals surface area contributed by atoms with Gasteiger partial charge >= 0.3 is 0 Å². The van der Waals surface area contributed by atoms with Crippen LogP contribution in [0.25, 0.3) is 0 Å². The normalized spacial score (nSPS) is 28.9.